The zero-order valence-corrected chi connectivity index (χ0v) is 16.1. The number of nitriles is 1. The van der Waals surface area contributed by atoms with Gasteiger partial charge in [-0.25, -0.2) is 9.97 Å². The molecule has 4 atom stereocenters. The minimum absolute atomic E-state index is 0.185. The lowest BCUT2D eigenvalue weighted by Crippen LogP contribution is -2.28. The normalized spacial score (nSPS) is 25.1. The summed E-state index contributed by atoms with van der Waals surface area (Å²) in [4.78, 5) is 20.4. The van der Waals surface area contributed by atoms with Crippen LogP contribution in [0, 0.1) is 23.2 Å². The fraction of sp³-hybridized carbons (Fsp3) is 0.474. The standard InChI is InChI=1S/C19H23N9O/c1-22-19(29)18-15(25-14-5-13(21)11-3-2-4-12(11)14)6-16(27-28-18)26-17-9-23-10(7-20)8-24-17/h6,8-9,11-14H,2-5,21H2,1H3,(H,22,29)(H2,24,25,26,27). The molecule has 0 radical (unpaired) electrons. The molecule has 10 nitrogen and oxygen atoms in total. The first-order valence-corrected chi connectivity index (χ1v) is 9.70. The molecule has 10 heteroatoms. The van der Waals surface area contributed by atoms with E-state index in [9.17, 15) is 4.79 Å². The Labute approximate surface area is 168 Å². The molecule has 150 valence electrons. The van der Waals surface area contributed by atoms with Crippen LogP contribution < -0.4 is 21.7 Å². The Morgan fingerprint density at radius 2 is 2.03 bits per heavy atom. The highest BCUT2D eigenvalue weighted by Crippen LogP contribution is 2.44. The number of nitrogens with two attached hydrogens (primary N) is 1. The highest BCUT2D eigenvalue weighted by atomic mass is 16.1. The van der Waals surface area contributed by atoms with Gasteiger partial charge in [0.05, 0.1) is 18.1 Å². The topological polar surface area (TPSA) is 155 Å². The molecule has 2 aromatic heterocycles. The summed E-state index contributed by atoms with van der Waals surface area (Å²) < 4.78 is 0. The van der Waals surface area contributed by atoms with Gasteiger partial charge in [-0.1, -0.05) is 6.42 Å². The summed E-state index contributed by atoms with van der Waals surface area (Å²) in [5, 5.41) is 26.1. The Hall–Kier alpha value is -3.32. The van der Waals surface area contributed by atoms with E-state index in [0.717, 1.165) is 12.8 Å². The quantitative estimate of drug-likeness (QED) is 0.586. The van der Waals surface area contributed by atoms with Crippen molar-refractivity contribution < 1.29 is 4.79 Å². The van der Waals surface area contributed by atoms with E-state index in [2.05, 4.69) is 36.1 Å². The number of anilines is 3. The predicted octanol–water partition coefficient (Wildman–Crippen LogP) is 1.17. The van der Waals surface area contributed by atoms with Crippen LogP contribution in [0.2, 0.25) is 0 Å². The average Bonchev–Trinajstić information content (AvgIpc) is 3.33. The molecule has 2 saturated carbocycles. The second-order valence-electron chi connectivity index (χ2n) is 7.50. The van der Waals surface area contributed by atoms with Gasteiger partial charge >= 0.3 is 0 Å². The molecular formula is C19H23N9O. The maximum Gasteiger partial charge on any atom is 0.273 e. The van der Waals surface area contributed by atoms with Crippen LogP contribution in [0.25, 0.3) is 0 Å². The molecule has 0 aromatic carbocycles. The van der Waals surface area contributed by atoms with Gasteiger partial charge in [0.15, 0.2) is 17.2 Å². The van der Waals surface area contributed by atoms with Gasteiger partial charge in [0.1, 0.15) is 11.9 Å². The Balaban J connectivity index is 1.59. The first-order chi connectivity index (χ1) is 14.1. The third-order valence-corrected chi connectivity index (χ3v) is 5.82. The van der Waals surface area contributed by atoms with Crippen LogP contribution in [0.5, 0.6) is 0 Å². The van der Waals surface area contributed by atoms with Crippen molar-refractivity contribution >= 4 is 23.2 Å². The third-order valence-electron chi connectivity index (χ3n) is 5.82. The van der Waals surface area contributed by atoms with Crippen molar-refractivity contribution in [3.05, 3.63) is 29.8 Å². The van der Waals surface area contributed by atoms with Gasteiger partial charge in [-0.05, 0) is 31.1 Å². The largest absolute Gasteiger partial charge is 0.380 e. The Morgan fingerprint density at radius 3 is 2.76 bits per heavy atom. The first kappa shape index (κ1) is 19.0. The Bertz CT molecular complexity index is 940. The van der Waals surface area contributed by atoms with Crippen LogP contribution in [-0.4, -0.2) is 45.2 Å². The van der Waals surface area contributed by atoms with E-state index in [1.165, 1.54) is 25.2 Å². The molecule has 0 bridgehead atoms. The summed E-state index contributed by atoms with van der Waals surface area (Å²) in [5.41, 5.74) is 7.41. The van der Waals surface area contributed by atoms with Gasteiger partial charge in [-0.2, -0.15) is 5.26 Å². The van der Waals surface area contributed by atoms with Crippen LogP contribution in [0.1, 0.15) is 41.9 Å². The molecule has 2 fully saturated rings. The molecule has 2 aromatic rings. The number of fused-ring (bicyclic) bond motifs is 1. The molecule has 4 rings (SSSR count). The number of hydrogen-bond acceptors (Lipinski definition) is 9. The van der Waals surface area contributed by atoms with Crippen molar-refractivity contribution in [1.29, 1.82) is 5.26 Å². The zero-order chi connectivity index (χ0) is 20.4. The summed E-state index contributed by atoms with van der Waals surface area (Å²) in [5.74, 6) is 1.59. The number of hydrogen-bond donors (Lipinski definition) is 4. The van der Waals surface area contributed by atoms with Crippen LogP contribution >= 0.6 is 0 Å². The lowest BCUT2D eigenvalue weighted by molar-refractivity contribution is 0.0958. The average molecular weight is 393 g/mol. The number of aromatic nitrogens is 4. The molecule has 29 heavy (non-hydrogen) atoms. The lowest BCUT2D eigenvalue weighted by atomic mass is 9.96. The number of amides is 1. The van der Waals surface area contributed by atoms with Crippen molar-refractivity contribution in [1.82, 2.24) is 25.5 Å². The molecule has 0 aliphatic heterocycles. The molecule has 4 unspecified atom stereocenters. The smallest absolute Gasteiger partial charge is 0.273 e. The van der Waals surface area contributed by atoms with Crippen molar-refractivity contribution in [2.24, 2.45) is 17.6 Å². The van der Waals surface area contributed by atoms with Gasteiger partial charge < -0.3 is 21.7 Å². The first-order valence-electron chi connectivity index (χ1n) is 9.70. The fourth-order valence-electron chi connectivity index (χ4n) is 4.49. The molecule has 2 heterocycles. The number of rotatable bonds is 5. The maximum atomic E-state index is 12.3. The monoisotopic (exact) mass is 393 g/mol. The van der Waals surface area contributed by atoms with Gasteiger partial charge in [0.25, 0.3) is 5.91 Å². The molecule has 1 amide bonds. The lowest BCUT2D eigenvalue weighted by Gasteiger charge is -2.22. The van der Waals surface area contributed by atoms with Crippen LogP contribution in [0.15, 0.2) is 18.5 Å². The van der Waals surface area contributed by atoms with Gasteiger partial charge in [-0.15, -0.1) is 10.2 Å². The number of nitrogens with one attached hydrogen (secondary N) is 3. The second-order valence-corrected chi connectivity index (χ2v) is 7.50. The summed E-state index contributed by atoms with van der Waals surface area (Å²) in [6, 6.07) is 4.05. The van der Waals surface area contributed by atoms with E-state index >= 15 is 0 Å². The van der Waals surface area contributed by atoms with E-state index in [-0.39, 0.29) is 29.4 Å². The molecule has 2 aliphatic rings. The summed E-state index contributed by atoms with van der Waals surface area (Å²) in [6.45, 7) is 0. The predicted molar refractivity (Wildman–Crippen MR) is 106 cm³/mol. The van der Waals surface area contributed by atoms with Crippen molar-refractivity contribution in [3.63, 3.8) is 0 Å². The zero-order valence-electron chi connectivity index (χ0n) is 16.1. The number of carbonyl (C=O) groups is 1. The van der Waals surface area contributed by atoms with E-state index in [1.807, 2.05) is 6.07 Å². The Morgan fingerprint density at radius 1 is 1.21 bits per heavy atom. The van der Waals surface area contributed by atoms with Gasteiger partial charge in [0.2, 0.25) is 0 Å². The molecule has 0 saturated heterocycles. The minimum atomic E-state index is -0.310. The highest BCUT2D eigenvalue weighted by molar-refractivity contribution is 5.97. The van der Waals surface area contributed by atoms with E-state index < -0.39 is 0 Å². The van der Waals surface area contributed by atoms with Crippen molar-refractivity contribution in [3.8, 4) is 6.07 Å². The second kappa shape index (κ2) is 7.97. The van der Waals surface area contributed by atoms with Crippen molar-refractivity contribution in [2.75, 3.05) is 17.7 Å². The molecule has 5 N–H and O–H groups in total. The van der Waals surface area contributed by atoms with Gasteiger partial charge in [0, 0.05) is 25.2 Å². The third kappa shape index (κ3) is 3.82. The van der Waals surface area contributed by atoms with Crippen LogP contribution in [0.3, 0.4) is 0 Å². The maximum absolute atomic E-state index is 12.3. The number of nitrogens with zero attached hydrogens (tertiary/aromatic N) is 5. The fourth-order valence-corrected chi connectivity index (χ4v) is 4.49. The number of carbonyl (C=O) groups excluding carboxylic acids is 1. The molecule has 2 aliphatic carbocycles. The van der Waals surface area contributed by atoms with E-state index in [4.69, 9.17) is 11.0 Å². The minimum Gasteiger partial charge on any atom is -0.380 e. The SMILES string of the molecule is CNC(=O)c1nnc(Nc2cnc(C#N)cn2)cc1NC1CC(N)C2CCCC12. The van der Waals surface area contributed by atoms with Crippen LogP contribution in [-0.2, 0) is 0 Å². The Kier molecular flexibility index (Phi) is 5.22. The van der Waals surface area contributed by atoms with E-state index in [1.54, 1.807) is 13.1 Å². The van der Waals surface area contributed by atoms with Gasteiger partial charge in [-0.3, -0.25) is 4.79 Å². The summed E-state index contributed by atoms with van der Waals surface area (Å²) in [6.07, 6.45) is 7.20. The summed E-state index contributed by atoms with van der Waals surface area (Å²) >= 11 is 0. The van der Waals surface area contributed by atoms with Crippen LogP contribution in [0.4, 0.5) is 17.3 Å². The highest BCUT2D eigenvalue weighted by Gasteiger charge is 2.44. The van der Waals surface area contributed by atoms with E-state index in [0.29, 0.717) is 29.2 Å². The molecule has 0 spiro atoms. The summed E-state index contributed by atoms with van der Waals surface area (Å²) in [7, 11) is 1.56. The van der Waals surface area contributed by atoms with Crippen molar-refractivity contribution in [2.45, 2.75) is 37.8 Å². The molecular weight excluding hydrogens is 370 g/mol.